The van der Waals surface area contributed by atoms with Crippen LogP contribution in [0.4, 0.5) is 11.5 Å². The molecule has 5 heteroatoms. The van der Waals surface area contributed by atoms with Gasteiger partial charge in [-0.3, -0.25) is 4.68 Å². The minimum atomic E-state index is 0.807. The summed E-state index contributed by atoms with van der Waals surface area (Å²) in [4.78, 5) is 4.33. The fraction of sp³-hybridized carbons (Fsp3) is 0.273. The first-order valence-corrected chi connectivity index (χ1v) is 5.75. The summed E-state index contributed by atoms with van der Waals surface area (Å²) in [6.07, 6.45) is 3.77. The van der Waals surface area contributed by atoms with Gasteiger partial charge in [-0.2, -0.15) is 5.10 Å². The van der Waals surface area contributed by atoms with Crippen LogP contribution in [0.1, 0.15) is 11.3 Å². The molecule has 0 bridgehead atoms. The van der Waals surface area contributed by atoms with Crippen LogP contribution in [-0.4, -0.2) is 14.8 Å². The summed E-state index contributed by atoms with van der Waals surface area (Å²) in [5.74, 6) is 0.807. The van der Waals surface area contributed by atoms with Crippen molar-refractivity contribution in [3.05, 3.63) is 34.2 Å². The first kappa shape index (κ1) is 11.1. The van der Waals surface area contributed by atoms with Gasteiger partial charge in [-0.25, -0.2) is 4.98 Å². The summed E-state index contributed by atoms with van der Waals surface area (Å²) >= 11 is 3.48. The van der Waals surface area contributed by atoms with Crippen LogP contribution >= 0.6 is 15.9 Å². The third-order valence-electron chi connectivity index (χ3n) is 2.24. The highest BCUT2D eigenvalue weighted by Gasteiger charge is 2.06. The van der Waals surface area contributed by atoms with Gasteiger partial charge in [0.25, 0.3) is 0 Å². The van der Waals surface area contributed by atoms with Crippen LogP contribution in [0.15, 0.2) is 22.9 Å². The molecule has 0 aliphatic rings. The van der Waals surface area contributed by atoms with Crippen LogP contribution in [0.5, 0.6) is 0 Å². The van der Waals surface area contributed by atoms with E-state index in [4.69, 9.17) is 0 Å². The summed E-state index contributed by atoms with van der Waals surface area (Å²) in [5, 5.41) is 7.51. The molecular formula is C11H13BrN4. The highest BCUT2D eigenvalue weighted by Crippen LogP contribution is 2.25. The van der Waals surface area contributed by atoms with Crippen molar-refractivity contribution in [3.63, 3.8) is 0 Å². The van der Waals surface area contributed by atoms with E-state index in [1.54, 1.807) is 4.68 Å². The SMILES string of the molecule is Cc1cnc(Nc2cn(C)nc2C)c(Br)c1. The lowest BCUT2D eigenvalue weighted by atomic mass is 10.3. The zero-order chi connectivity index (χ0) is 11.7. The third kappa shape index (κ3) is 2.24. The van der Waals surface area contributed by atoms with E-state index in [1.165, 1.54) is 0 Å². The summed E-state index contributed by atoms with van der Waals surface area (Å²) in [5.41, 5.74) is 3.05. The normalized spacial score (nSPS) is 10.5. The molecule has 0 aliphatic heterocycles. The maximum absolute atomic E-state index is 4.33. The molecule has 2 aromatic heterocycles. The lowest BCUT2D eigenvalue weighted by Crippen LogP contribution is -1.95. The van der Waals surface area contributed by atoms with E-state index in [0.29, 0.717) is 0 Å². The van der Waals surface area contributed by atoms with E-state index in [2.05, 4.69) is 31.3 Å². The fourth-order valence-electron chi connectivity index (χ4n) is 1.48. The largest absolute Gasteiger partial charge is 0.337 e. The van der Waals surface area contributed by atoms with Crippen molar-refractivity contribution < 1.29 is 0 Å². The molecule has 2 aromatic rings. The summed E-state index contributed by atoms with van der Waals surface area (Å²) in [7, 11) is 1.90. The Hall–Kier alpha value is -1.36. The number of anilines is 2. The monoisotopic (exact) mass is 280 g/mol. The maximum Gasteiger partial charge on any atom is 0.144 e. The molecular weight excluding hydrogens is 268 g/mol. The summed E-state index contributed by atoms with van der Waals surface area (Å²) in [6.45, 7) is 3.97. The molecule has 2 rings (SSSR count). The Labute approximate surface area is 103 Å². The lowest BCUT2D eigenvalue weighted by molar-refractivity contribution is 0.756. The number of aromatic nitrogens is 3. The molecule has 0 radical (unpaired) electrons. The van der Waals surface area contributed by atoms with Crippen molar-refractivity contribution in [1.82, 2.24) is 14.8 Å². The molecule has 0 amide bonds. The van der Waals surface area contributed by atoms with E-state index in [-0.39, 0.29) is 0 Å². The van der Waals surface area contributed by atoms with Gasteiger partial charge in [-0.15, -0.1) is 0 Å². The molecule has 0 spiro atoms. The minimum Gasteiger partial charge on any atom is -0.337 e. The maximum atomic E-state index is 4.33. The molecule has 84 valence electrons. The number of aryl methyl sites for hydroxylation is 3. The predicted molar refractivity (Wildman–Crippen MR) is 67.9 cm³/mol. The predicted octanol–water partition coefficient (Wildman–Crippen LogP) is 2.94. The molecule has 2 heterocycles. The number of hydrogen-bond donors (Lipinski definition) is 1. The standard InChI is InChI=1S/C11H13BrN4/c1-7-4-9(12)11(13-5-7)14-10-6-16(3)15-8(10)2/h4-6H,1-3H3,(H,13,14). The minimum absolute atomic E-state index is 0.807. The zero-order valence-electron chi connectivity index (χ0n) is 9.45. The molecule has 0 aliphatic carbocycles. The Bertz CT molecular complexity index is 519. The van der Waals surface area contributed by atoms with Gasteiger partial charge in [0.1, 0.15) is 5.82 Å². The molecule has 0 unspecified atom stereocenters. The number of nitrogens with one attached hydrogen (secondary N) is 1. The second kappa shape index (κ2) is 4.25. The molecule has 0 saturated heterocycles. The second-order valence-electron chi connectivity index (χ2n) is 3.77. The fourth-order valence-corrected chi connectivity index (χ4v) is 2.04. The Morgan fingerprint density at radius 2 is 2.12 bits per heavy atom. The molecule has 4 nitrogen and oxygen atoms in total. The Balaban J connectivity index is 2.30. The number of hydrogen-bond acceptors (Lipinski definition) is 3. The number of rotatable bonds is 2. The quantitative estimate of drug-likeness (QED) is 0.920. The van der Waals surface area contributed by atoms with Crippen LogP contribution in [-0.2, 0) is 7.05 Å². The highest BCUT2D eigenvalue weighted by molar-refractivity contribution is 9.10. The summed E-state index contributed by atoms with van der Waals surface area (Å²) in [6, 6.07) is 2.03. The average Bonchev–Trinajstić information content (AvgIpc) is 2.50. The molecule has 0 saturated carbocycles. The third-order valence-corrected chi connectivity index (χ3v) is 2.85. The number of halogens is 1. The van der Waals surface area contributed by atoms with Crippen molar-refractivity contribution in [2.24, 2.45) is 7.05 Å². The van der Waals surface area contributed by atoms with Gasteiger partial charge in [-0.1, -0.05) is 0 Å². The molecule has 16 heavy (non-hydrogen) atoms. The van der Waals surface area contributed by atoms with Crippen molar-refractivity contribution >= 4 is 27.4 Å². The van der Waals surface area contributed by atoms with Crippen LogP contribution in [0, 0.1) is 13.8 Å². The highest BCUT2D eigenvalue weighted by atomic mass is 79.9. The Morgan fingerprint density at radius 3 is 2.69 bits per heavy atom. The molecule has 0 fully saturated rings. The van der Waals surface area contributed by atoms with Gasteiger partial charge in [0, 0.05) is 19.4 Å². The van der Waals surface area contributed by atoms with Gasteiger partial charge < -0.3 is 5.32 Å². The summed E-state index contributed by atoms with van der Waals surface area (Å²) < 4.78 is 2.73. The van der Waals surface area contributed by atoms with Gasteiger partial charge in [0.2, 0.25) is 0 Å². The van der Waals surface area contributed by atoms with E-state index >= 15 is 0 Å². The van der Waals surface area contributed by atoms with Gasteiger partial charge in [0.05, 0.1) is 15.9 Å². The molecule has 0 atom stereocenters. The van der Waals surface area contributed by atoms with Crippen molar-refractivity contribution in [2.75, 3.05) is 5.32 Å². The first-order chi connectivity index (χ1) is 7.56. The topological polar surface area (TPSA) is 42.7 Å². The van der Waals surface area contributed by atoms with E-state index in [1.807, 2.05) is 39.4 Å². The number of pyridine rings is 1. The van der Waals surface area contributed by atoms with Crippen LogP contribution in [0.2, 0.25) is 0 Å². The van der Waals surface area contributed by atoms with Crippen molar-refractivity contribution in [1.29, 1.82) is 0 Å². The average molecular weight is 281 g/mol. The smallest absolute Gasteiger partial charge is 0.144 e. The first-order valence-electron chi connectivity index (χ1n) is 4.95. The molecule has 1 N–H and O–H groups in total. The lowest BCUT2D eigenvalue weighted by Gasteiger charge is -2.06. The van der Waals surface area contributed by atoms with Crippen LogP contribution < -0.4 is 5.32 Å². The van der Waals surface area contributed by atoms with Crippen molar-refractivity contribution in [3.8, 4) is 0 Å². The van der Waals surface area contributed by atoms with Gasteiger partial charge in [-0.05, 0) is 41.4 Å². The molecule has 0 aromatic carbocycles. The van der Waals surface area contributed by atoms with Crippen molar-refractivity contribution in [2.45, 2.75) is 13.8 Å². The Morgan fingerprint density at radius 1 is 1.38 bits per heavy atom. The second-order valence-corrected chi connectivity index (χ2v) is 4.62. The van der Waals surface area contributed by atoms with E-state index in [9.17, 15) is 0 Å². The number of nitrogens with zero attached hydrogens (tertiary/aromatic N) is 3. The van der Waals surface area contributed by atoms with Gasteiger partial charge >= 0.3 is 0 Å². The van der Waals surface area contributed by atoms with E-state index < -0.39 is 0 Å². The van der Waals surface area contributed by atoms with Crippen LogP contribution in [0.3, 0.4) is 0 Å². The van der Waals surface area contributed by atoms with E-state index in [0.717, 1.165) is 27.2 Å². The zero-order valence-corrected chi connectivity index (χ0v) is 11.0. The van der Waals surface area contributed by atoms with Crippen LogP contribution in [0.25, 0.3) is 0 Å². The Kier molecular flexibility index (Phi) is 2.96. The van der Waals surface area contributed by atoms with Gasteiger partial charge in [0.15, 0.2) is 0 Å².